The maximum atomic E-state index is 12.7. The van der Waals surface area contributed by atoms with Crippen molar-refractivity contribution in [2.75, 3.05) is 5.75 Å². The van der Waals surface area contributed by atoms with Crippen molar-refractivity contribution < 1.29 is 0 Å². The first-order valence-corrected chi connectivity index (χ1v) is 10.2. The molecule has 0 aliphatic heterocycles. The molecule has 0 atom stereocenters. The Labute approximate surface area is 169 Å². The van der Waals surface area contributed by atoms with Gasteiger partial charge < -0.3 is 4.57 Å². The number of para-hydroxylation sites is 1. The lowest BCUT2D eigenvalue weighted by Gasteiger charge is -2.11. The van der Waals surface area contributed by atoms with E-state index < -0.39 is 5.69 Å². The standard InChI is InChI=1S/C19H20N6O3S/c1-4-25-16(26)12-7-5-6-8-13(12)21-18(25)29-10-9-24-11-20-15-14(24)17(27)23(3)19(28)22(15)2/h5-8,11H,4,9-10H2,1-3H3. The van der Waals surface area contributed by atoms with Crippen LogP contribution in [-0.4, -0.2) is 34.0 Å². The van der Waals surface area contributed by atoms with Crippen LogP contribution in [0.2, 0.25) is 0 Å². The van der Waals surface area contributed by atoms with E-state index in [1.807, 2.05) is 25.1 Å². The summed E-state index contributed by atoms with van der Waals surface area (Å²) in [6.07, 6.45) is 1.56. The number of aromatic nitrogens is 6. The topological polar surface area (TPSA) is 96.7 Å². The van der Waals surface area contributed by atoms with Gasteiger partial charge in [0.25, 0.3) is 11.1 Å². The minimum atomic E-state index is -0.408. The van der Waals surface area contributed by atoms with Crippen molar-refractivity contribution in [1.29, 1.82) is 0 Å². The summed E-state index contributed by atoms with van der Waals surface area (Å²) in [5.74, 6) is 0.586. The first-order valence-electron chi connectivity index (χ1n) is 9.17. The van der Waals surface area contributed by atoms with Gasteiger partial charge in [-0.05, 0) is 19.1 Å². The smallest absolute Gasteiger partial charge is 0.324 e. The molecular formula is C19H20N6O3S. The van der Waals surface area contributed by atoms with Crippen molar-refractivity contribution in [3.63, 3.8) is 0 Å². The average Bonchev–Trinajstić information content (AvgIpc) is 3.15. The maximum Gasteiger partial charge on any atom is 0.332 e. The molecule has 29 heavy (non-hydrogen) atoms. The lowest BCUT2D eigenvalue weighted by molar-refractivity contribution is 0.633. The summed E-state index contributed by atoms with van der Waals surface area (Å²) in [5.41, 5.74) is 0.570. The molecule has 0 radical (unpaired) electrons. The third kappa shape index (κ3) is 3.09. The van der Waals surface area contributed by atoms with E-state index in [9.17, 15) is 14.4 Å². The maximum absolute atomic E-state index is 12.7. The van der Waals surface area contributed by atoms with Crippen LogP contribution in [0.1, 0.15) is 6.92 Å². The lowest BCUT2D eigenvalue weighted by Crippen LogP contribution is -2.37. The third-order valence-electron chi connectivity index (χ3n) is 4.92. The highest BCUT2D eigenvalue weighted by molar-refractivity contribution is 7.99. The molecule has 0 amide bonds. The normalized spacial score (nSPS) is 11.6. The van der Waals surface area contributed by atoms with Gasteiger partial charge in [0.1, 0.15) is 0 Å². The Hall–Kier alpha value is -3.14. The molecule has 0 spiro atoms. The van der Waals surface area contributed by atoms with E-state index in [0.717, 1.165) is 4.57 Å². The van der Waals surface area contributed by atoms with E-state index in [2.05, 4.69) is 9.97 Å². The minimum absolute atomic E-state index is 0.0578. The summed E-state index contributed by atoms with van der Waals surface area (Å²) in [6, 6.07) is 7.30. The van der Waals surface area contributed by atoms with Crippen LogP contribution in [-0.2, 0) is 27.2 Å². The first-order chi connectivity index (χ1) is 13.9. The SMILES string of the molecule is CCn1c(SCCn2cnc3c2c(=O)n(C)c(=O)n3C)nc2ccccc2c1=O. The number of hydrogen-bond donors (Lipinski definition) is 0. The van der Waals surface area contributed by atoms with E-state index >= 15 is 0 Å². The second kappa shape index (κ2) is 7.36. The summed E-state index contributed by atoms with van der Waals surface area (Å²) in [4.78, 5) is 46.2. The molecule has 0 unspecified atom stereocenters. The molecule has 0 fully saturated rings. The molecule has 0 N–H and O–H groups in total. The van der Waals surface area contributed by atoms with E-state index in [1.54, 1.807) is 28.6 Å². The van der Waals surface area contributed by atoms with Crippen LogP contribution in [0.25, 0.3) is 22.1 Å². The van der Waals surface area contributed by atoms with Crippen molar-refractivity contribution in [2.24, 2.45) is 14.1 Å². The number of rotatable bonds is 5. The van der Waals surface area contributed by atoms with Gasteiger partial charge in [-0.2, -0.15) is 0 Å². The molecule has 9 nitrogen and oxygen atoms in total. The van der Waals surface area contributed by atoms with Crippen molar-refractivity contribution in [3.05, 3.63) is 61.8 Å². The predicted octanol–water partition coefficient (Wildman–Crippen LogP) is 0.956. The Balaban J connectivity index is 1.66. The molecule has 0 saturated carbocycles. The van der Waals surface area contributed by atoms with Crippen molar-refractivity contribution >= 4 is 33.8 Å². The zero-order valence-corrected chi connectivity index (χ0v) is 17.1. The predicted molar refractivity (Wildman–Crippen MR) is 113 cm³/mol. The van der Waals surface area contributed by atoms with Crippen LogP contribution in [0.15, 0.2) is 50.1 Å². The fourth-order valence-corrected chi connectivity index (χ4v) is 4.34. The summed E-state index contributed by atoms with van der Waals surface area (Å²) in [7, 11) is 3.05. The van der Waals surface area contributed by atoms with Gasteiger partial charge in [0.15, 0.2) is 16.3 Å². The van der Waals surface area contributed by atoms with Crippen LogP contribution >= 0.6 is 11.8 Å². The van der Waals surface area contributed by atoms with E-state index in [4.69, 9.17) is 0 Å². The largest absolute Gasteiger partial charge is 0.332 e. The Morgan fingerprint density at radius 1 is 1.03 bits per heavy atom. The van der Waals surface area contributed by atoms with Gasteiger partial charge in [0.05, 0.1) is 17.2 Å². The molecule has 1 aromatic carbocycles. The fraction of sp³-hybridized carbons (Fsp3) is 0.316. The highest BCUT2D eigenvalue weighted by atomic mass is 32.2. The average molecular weight is 412 g/mol. The van der Waals surface area contributed by atoms with E-state index in [1.165, 1.54) is 23.4 Å². The summed E-state index contributed by atoms with van der Waals surface area (Å²) in [5, 5.41) is 1.24. The Morgan fingerprint density at radius 2 is 1.79 bits per heavy atom. The molecule has 4 rings (SSSR count). The number of thioether (sulfide) groups is 1. The van der Waals surface area contributed by atoms with Crippen molar-refractivity contribution in [3.8, 4) is 0 Å². The Bertz CT molecular complexity index is 1410. The molecule has 3 heterocycles. The molecule has 0 bridgehead atoms. The quantitative estimate of drug-likeness (QED) is 0.358. The highest BCUT2D eigenvalue weighted by Crippen LogP contribution is 2.18. The highest BCUT2D eigenvalue weighted by Gasteiger charge is 2.15. The minimum Gasteiger partial charge on any atom is -0.324 e. The van der Waals surface area contributed by atoms with Crippen LogP contribution < -0.4 is 16.8 Å². The lowest BCUT2D eigenvalue weighted by atomic mass is 10.2. The van der Waals surface area contributed by atoms with E-state index in [0.29, 0.717) is 46.1 Å². The molecule has 0 saturated heterocycles. The summed E-state index contributed by atoms with van der Waals surface area (Å²) in [6.45, 7) is 2.92. The molecule has 10 heteroatoms. The summed E-state index contributed by atoms with van der Waals surface area (Å²) >= 11 is 1.45. The molecule has 3 aromatic heterocycles. The van der Waals surface area contributed by atoms with E-state index in [-0.39, 0.29) is 11.1 Å². The first kappa shape index (κ1) is 19.2. The fourth-order valence-electron chi connectivity index (χ4n) is 3.34. The second-order valence-corrected chi connectivity index (χ2v) is 7.69. The Kier molecular flexibility index (Phi) is 4.87. The molecular weight excluding hydrogens is 392 g/mol. The number of benzene rings is 1. The zero-order valence-electron chi connectivity index (χ0n) is 16.3. The van der Waals surface area contributed by atoms with Gasteiger partial charge in [-0.25, -0.2) is 14.8 Å². The van der Waals surface area contributed by atoms with Crippen LogP contribution in [0.5, 0.6) is 0 Å². The summed E-state index contributed by atoms with van der Waals surface area (Å²) < 4.78 is 5.83. The number of hydrogen-bond acceptors (Lipinski definition) is 6. The molecule has 4 aromatic rings. The number of imidazole rings is 1. The Morgan fingerprint density at radius 3 is 2.55 bits per heavy atom. The van der Waals surface area contributed by atoms with Crippen molar-refractivity contribution in [1.82, 2.24) is 28.2 Å². The number of nitrogens with zero attached hydrogens (tertiary/aromatic N) is 6. The van der Waals surface area contributed by atoms with Crippen LogP contribution in [0, 0.1) is 0 Å². The van der Waals surface area contributed by atoms with Gasteiger partial charge in [-0.15, -0.1) is 0 Å². The zero-order chi connectivity index (χ0) is 20.7. The number of fused-ring (bicyclic) bond motifs is 2. The number of aryl methyl sites for hydroxylation is 2. The second-order valence-electron chi connectivity index (χ2n) is 6.63. The van der Waals surface area contributed by atoms with Crippen molar-refractivity contribution in [2.45, 2.75) is 25.2 Å². The van der Waals surface area contributed by atoms with Crippen LogP contribution in [0.4, 0.5) is 0 Å². The molecule has 0 aliphatic rings. The van der Waals surface area contributed by atoms with Gasteiger partial charge in [-0.1, -0.05) is 23.9 Å². The van der Waals surface area contributed by atoms with Gasteiger partial charge in [0, 0.05) is 32.9 Å². The molecule has 0 aliphatic carbocycles. The molecule has 150 valence electrons. The van der Waals surface area contributed by atoms with Gasteiger partial charge in [0.2, 0.25) is 0 Å². The monoisotopic (exact) mass is 412 g/mol. The third-order valence-corrected chi connectivity index (χ3v) is 5.88. The van der Waals surface area contributed by atoms with Crippen LogP contribution in [0.3, 0.4) is 0 Å². The van der Waals surface area contributed by atoms with Gasteiger partial charge in [-0.3, -0.25) is 23.3 Å². The van der Waals surface area contributed by atoms with Gasteiger partial charge >= 0.3 is 5.69 Å².